The Labute approximate surface area is 44.4 Å². The third-order valence-corrected chi connectivity index (χ3v) is 0. The van der Waals surface area contributed by atoms with Crippen molar-refractivity contribution in [1.29, 1.82) is 0 Å². The first-order valence-corrected chi connectivity index (χ1v) is 0. The third-order valence-electron chi connectivity index (χ3n) is 0. The summed E-state index contributed by atoms with van der Waals surface area (Å²) in [4.78, 5) is 0. The maximum atomic E-state index is 0. The molecule has 0 aliphatic carbocycles. The van der Waals surface area contributed by atoms with E-state index in [2.05, 4.69) is 0 Å². The quantitative estimate of drug-likeness (QED) is 0.362. The molecule has 4 heteroatoms. The third kappa shape index (κ3) is 13.0. The van der Waals surface area contributed by atoms with Gasteiger partial charge in [-0.15, -0.1) is 0 Å². The van der Waals surface area contributed by atoms with E-state index in [0.29, 0.717) is 0 Å². The van der Waals surface area contributed by atoms with Crippen molar-refractivity contribution in [1.82, 2.24) is 0 Å². The molecule has 0 saturated carbocycles. The Morgan fingerprint density at radius 2 is 0.750 bits per heavy atom. The minimum atomic E-state index is 0. The van der Waals surface area contributed by atoms with Gasteiger partial charge in [0.25, 0.3) is 0 Å². The summed E-state index contributed by atoms with van der Waals surface area (Å²) in [5.74, 6) is 0. The van der Waals surface area contributed by atoms with Gasteiger partial charge in [-0.1, -0.05) is 0 Å². The van der Waals surface area contributed by atoms with Crippen molar-refractivity contribution >= 4 is 13.5 Å². The Bertz CT molecular complexity index is 6.00. The van der Waals surface area contributed by atoms with E-state index in [1.54, 1.807) is 0 Å². The molecule has 26 valence electrons. The van der Waals surface area contributed by atoms with Crippen LogP contribution in [0.3, 0.4) is 0 Å². The Kier molecular flexibility index (Phi) is 949. The molecule has 0 aromatic heterocycles. The van der Waals surface area contributed by atoms with Gasteiger partial charge in [-0.05, 0) is 0 Å². The molecule has 0 radical (unpaired) electrons. The van der Waals surface area contributed by atoms with Crippen LogP contribution >= 0.6 is 13.5 Å². The normalized spacial score (nSPS) is 0. The van der Waals surface area contributed by atoms with E-state index in [9.17, 15) is 0 Å². The van der Waals surface area contributed by atoms with Gasteiger partial charge < -0.3 is 11.0 Å². The van der Waals surface area contributed by atoms with E-state index in [1.165, 1.54) is 0 Å². The minimum absolute atomic E-state index is 0. The zero-order valence-electron chi connectivity index (χ0n) is 2.21. The average Bonchev–Trinajstić information content (AvgIpc) is 0. The van der Waals surface area contributed by atoms with Crippen LogP contribution in [0.1, 0.15) is 0 Å². The molecule has 0 aromatic carbocycles. The van der Waals surface area contributed by atoms with Crippen LogP contribution in [0.25, 0.3) is 0 Å². The molecule has 0 amide bonds. The molecule has 0 aromatic rings. The minimum Gasteiger partial charge on any atom is -0.412 e. The van der Waals surface area contributed by atoms with Gasteiger partial charge in [-0.2, -0.15) is 13.5 Å². The van der Waals surface area contributed by atoms with Crippen LogP contribution in [-0.4, -0.2) is 11.0 Å². The smallest absolute Gasteiger partial charge is 0 e. The van der Waals surface area contributed by atoms with E-state index in [-0.39, 0.29) is 43.9 Å². The number of rotatable bonds is 0. The Hall–Kier alpha value is 0.893. The fourth-order valence-electron chi connectivity index (χ4n) is 0. The average molecular weight is 136 g/mol. The number of hydrogen-bond donors (Lipinski definition) is 0. The SMILES string of the molecule is O.O.S.[Zn]. The monoisotopic (exact) mass is 134 g/mol. The summed E-state index contributed by atoms with van der Waals surface area (Å²) in [5.41, 5.74) is 0. The van der Waals surface area contributed by atoms with Gasteiger partial charge in [0, 0.05) is 19.5 Å². The van der Waals surface area contributed by atoms with Gasteiger partial charge in [0.2, 0.25) is 0 Å². The van der Waals surface area contributed by atoms with Crippen molar-refractivity contribution in [3.05, 3.63) is 0 Å². The van der Waals surface area contributed by atoms with Crippen LogP contribution in [0.4, 0.5) is 0 Å². The molecule has 4 N–H and O–H groups in total. The molecule has 0 bridgehead atoms. The molecule has 0 aliphatic rings. The zero-order valence-corrected chi connectivity index (χ0v) is 6.17. The van der Waals surface area contributed by atoms with Crippen molar-refractivity contribution in [3.8, 4) is 0 Å². The van der Waals surface area contributed by atoms with Crippen molar-refractivity contribution in [2.45, 2.75) is 0 Å². The molecular weight excluding hydrogens is 129 g/mol. The van der Waals surface area contributed by atoms with Crippen molar-refractivity contribution < 1.29 is 30.4 Å². The first-order chi connectivity index (χ1) is 0. The predicted molar refractivity (Wildman–Crippen MR) is 17.6 cm³/mol. The summed E-state index contributed by atoms with van der Waals surface area (Å²) in [6, 6.07) is 0. The summed E-state index contributed by atoms with van der Waals surface area (Å²) in [5, 5.41) is 0. The second kappa shape index (κ2) is 40.8. The molecule has 0 spiro atoms. The Morgan fingerprint density at radius 1 is 0.750 bits per heavy atom. The van der Waals surface area contributed by atoms with E-state index in [0.717, 1.165) is 0 Å². The number of hydrogen-bond acceptors (Lipinski definition) is 0. The van der Waals surface area contributed by atoms with Crippen LogP contribution in [0.5, 0.6) is 0 Å². The molecule has 0 unspecified atom stereocenters. The van der Waals surface area contributed by atoms with Crippen molar-refractivity contribution in [2.24, 2.45) is 0 Å². The van der Waals surface area contributed by atoms with Gasteiger partial charge in [0.1, 0.15) is 0 Å². The summed E-state index contributed by atoms with van der Waals surface area (Å²) in [6.45, 7) is 0. The van der Waals surface area contributed by atoms with Crippen molar-refractivity contribution in [3.63, 3.8) is 0 Å². The van der Waals surface area contributed by atoms with Crippen LogP contribution < -0.4 is 0 Å². The summed E-state index contributed by atoms with van der Waals surface area (Å²) >= 11 is 0. The van der Waals surface area contributed by atoms with E-state index >= 15 is 0 Å². The van der Waals surface area contributed by atoms with Gasteiger partial charge in [0.05, 0.1) is 0 Å². The van der Waals surface area contributed by atoms with E-state index in [1.807, 2.05) is 0 Å². The molecule has 0 rings (SSSR count). The Morgan fingerprint density at radius 3 is 0.750 bits per heavy atom. The first kappa shape index (κ1) is 92.9. The molecule has 0 saturated heterocycles. The standard InChI is InChI=1S/2H2O.H2S.Zn/h3*1H2;. The molecule has 0 aliphatic heterocycles. The van der Waals surface area contributed by atoms with E-state index < -0.39 is 0 Å². The predicted octanol–water partition coefficient (Wildman–Crippen LogP) is -1.54. The van der Waals surface area contributed by atoms with Gasteiger partial charge in [-0.3, -0.25) is 0 Å². The maximum Gasteiger partial charge on any atom is 0 e. The van der Waals surface area contributed by atoms with Crippen molar-refractivity contribution in [2.75, 3.05) is 0 Å². The Balaban J connectivity index is 0. The zero-order chi connectivity index (χ0) is 0. The summed E-state index contributed by atoms with van der Waals surface area (Å²) in [6.07, 6.45) is 0. The van der Waals surface area contributed by atoms with Gasteiger partial charge >= 0.3 is 0 Å². The maximum absolute atomic E-state index is 0. The molecule has 0 heterocycles. The summed E-state index contributed by atoms with van der Waals surface area (Å²) < 4.78 is 0. The molecule has 4 heavy (non-hydrogen) atoms. The second-order valence-electron chi connectivity index (χ2n) is 0. The molecule has 2 nitrogen and oxygen atoms in total. The molecular formula is H6O2SZn. The fourth-order valence-corrected chi connectivity index (χ4v) is 0. The van der Waals surface area contributed by atoms with Gasteiger partial charge in [0.15, 0.2) is 0 Å². The first-order valence-electron chi connectivity index (χ1n) is 0. The van der Waals surface area contributed by atoms with E-state index in [4.69, 9.17) is 0 Å². The summed E-state index contributed by atoms with van der Waals surface area (Å²) in [7, 11) is 0. The fraction of sp³-hybridized carbons (Fsp3) is 0. The van der Waals surface area contributed by atoms with Crippen LogP contribution in [0.15, 0.2) is 0 Å². The van der Waals surface area contributed by atoms with Crippen LogP contribution in [0.2, 0.25) is 0 Å². The second-order valence-corrected chi connectivity index (χ2v) is 0. The topological polar surface area (TPSA) is 63.0 Å². The molecule has 0 fully saturated rings. The van der Waals surface area contributed by atoms with Crippen LogP contribution in [0, 0.1) is 0 Å². The van der Waals surface area contributed by atoms with Gasteiger partial charge in [-0.25, -0.2) is 0 Å². The van der Waals surface area contributed by atoms with Crippen LogP contribution in [-0.2, 0) is 19.5 Å². The molecule has 0 atom stereocenters. The largest absolute Gasteiger partial charge is 0.412 e.